The molecule has 0 aromatic heterocycles. The Hall–Kier alpha value is -1.06. The highest BCUT2D eigenvalue weighted by atomic mass is 16.4. The first-order chi connectivity index (χ1) is 9.52. The molecule has 20 heavy (non-hydrogen) atoms. The molecular weight excluding hydrogens is 254 g/mol. The standard InChI is InChI=1S/C16H27NO3/c1-3-11-8-13(14(9-11)16(19)20)15(18)17(2)10-12-6-4-5-7-12/h11-14H,3-10H2,1-2H3,(H,19,20). The van der Waals surface area contributed by atoms with Gasteiger partial charge in [-0.05, 0) is 37.5 Å². The average molecular weight is 281 g/mol. The van der Waals surface area contributed by atoms with Gasteiger partial charge in [0.1, 0.15) is 0 Å². The van der Waals surface area contributed by atoms with Crippen molar-refractivity contribution in [1.82, 2.24) is 4.90 Å². The number of carboxylic acids is 1. The van der Waals surface area contributed by atoms with Gasteiger partial charge >= 0.3 is 5.97 Å². The summed E-state index contributed by atoms with van der Waals surface area (Å²) >= 11 is 0. The molecule has 0 aromatic rings. The fourth-order valence-corrected chi connectivity index (χ4v) is 3.98. The molecule has 0 bridgehead atoms. The smallest absolute Gasteiger partial charge is 0.307 e. The summed E-state index contributed by atoms with van der Waals surface area (Å²) in [6, 6.07) is 0. The summed E-state index contributed by atoms with van der Waals surface area (Å²) in [5, 5.41) is 9.34. The van der Waals surface area contributed by atoms with E-state index >= 15 is 0 Å². The summed E-state index contributed by atoms with van der Waals surface area (Å²) in [4.78, 5) is 25.7. The first kappa shape index (κ1) is 15.3. The van der Waals surface area contributed by atoms with Crippen LogP contribution in [0, 0.1) is 23.7 Å². The van der Waals surface area contributed by atoms with E-state index in [0.717, 1.165) is 19.4 Å². The molecular formula is C16H27NO3. The molecule has 2 aliphatic carbocycles. The third-order valence-electron chi connectivity index (χ3n) is 5.26. The predicted molar refractivity (Wildman–Crippen MR) is 77.2 cm³/mol. The summed E-state index contributed by atoms with van der Waals surface area (Å²) in [5.41, 5.74) is 0. The molecule has 1 N–H and O–H groups in total. The van der Waals surface area contributed by atoms with Crippen molar-refractivity contribution in [1.29, 1.82) is 0 Å². The third-order valence-corrected chi connectivity index (χ3v) is 5.26. The zero-order valence-corrected chi connectivity index (χ0v) is 12.7. The topological polar surface area (TPSA) is 57.6 Å². The van der Waals surface area contributed by atoms with Crippen LogP contribution in [0.4, 0.5) is 0 Å². The van der Waals surface area contributed by atoms with Crippen molar-refractivity contribution in [2.75, 3.05) is 13.6 Å². The van der Waals surface area contributed by atoms with Gasteiger partial charge < -0.3 is 10.0 Å². The average Bonchev–Trinajstić information content (AvgIpc) is 3.06. The molecule has 2 saturated carbocycles. The van der Waals surface area contributed by atoms with Gasteiger partial charge in [0.2, 0.25) is 5.91 Å². The molecule has 4 heteroatoms. The molecule has 0 spiro atoms. The molecule has 0 aromatic carbocycles. The lowest BCUT2D eigenvalue weighted by Crippen LogP contribution is -2.39. The van der Waals surface area contributed by atoms with Crippen LogP contribution in [-0.2, 0) is 9.59 Å². The summed E-state index contributed by atoms with van der Waals surface area (Å²) in [6.07, 6.45) is 7.35. The third kappa shape index (κ3) is 3.33. The quantitative estimate of drug-likeness (QED) is 0.843. The van der Waals surface area contributed by atoms with Gasteiger partial charge in [-0.1, -0.05) is 26.2 Å². The molecule has 2 aliphatic rings. The number of nitrogens with zero attached hydrogens (tertiary/aromatic N) is 1. The van der Waals surface area contributed by atoms with E-state index in [4.69, 9.17) is 0 Å². The second kappa shape index (κ2) is 6.59. The van der Waals surface area contributed by atoms with E-state index in [9.17, 15) is 14.7 Å². The van der Waals surface area contributed by atoms with Crippen molar-refractivity contribution in [3.63, 3.8) is 0 Å². The van der Waals surface area contributed by atoms with Crippen LogP contribution in [0.3, 0.4) is 0 Å². The lowest BCUT2D eigenvalue weighted by Gasteiger charge is -2.26. The van der Waals surface area contributed by atoms with Gasteiger partial charge in [0.05, 0.1) is 11.8 Å². The Bertz CT molecular complexity index is 363. The predicted octanol–water partition coefficient (Wildman–Crippen LogP) is 2.77. The Balaban J connectivity index is 1.96. The van der Waals surface area contributed by atoms with Crippen LogP contribution in [-0.4, -0.2) is 35.5 Å². The molecule has 0 saturated heterocycles. The maximum absolute atomic E-state index is 12.6. The molecule has 0 aliphatic heterocycles. The summed E-state index contributed by atoms with van der Waals surface area (Å²) in [6.45, 7) is 2.89. The number of aliphatic carboxylic acids is 1. The lowest BCUT2D eigenvalue weighted by molar-refractivity contribution is -0.148. The zero-order chi connectivity index (χ0) is 14.7. The van der Waals surface area contributed by atoms with Gasteiger partial charge in [0, 0.05) is 13.6 Å². The fraction of sp³-hybridized carbons (Fsp3) is 0.875. The van der Waals surface area contributed by atoms with Crippen molar-refractivity contribution in [3.05, 3.63) is 0 Å². The Labute approximate surface area is 121 Å². The van der Waals surface area contributed by atoms with E-state index in [1.807, 2.05) is 7.05 Å². The summed E-state index contributed by atoms with van der Waals surface area (Å²) in [7, 11) is 1.85. The van der Waals surface area contributed by atoms with Crippen LogP contribution in [0.5, 0.6) is 0 Å². The van der Waals surface area contributed by atoms with Gasteiger partial charge in [0.25, 0.3) is 0 Å². The molecule has 0 radical (unpaired) electrons. The maximum Gasteiger partial charge on any atom is 0.307 e. The molecule has 0 heterocycles. The van der Waals surface area contributed by atoms with Crippen LogP contribution < -0.4 is 0 Å². The largest absolute Gasteiger partial charge is 0.481 e. The van der Waals surface area contributed by atoms with E-state index in [-0.39, 0.29) is 11.8 Å². The van der Waals surface area contributed by atoms with Crippen molar-refractivity contribution in [3.8, 4) is 0 Å². The van der Waals surface area contributed by atoms with Crippen molar-refractivity contribution in [2.24, 2.45) is 23.7 Å². The van der Waals surface area contributed by atoms with Crippen molar-refractivity contribution < 1.29 is 14.7 Å². The molecule has 114 valence electrons. The lowest BCUT2D eigenvalue weighted by atomic mass is 9.94. The Morgan fingerprint density at radius 1 is 1.10 bits per heavy atom. The van der Waals surface area contributed by atoms with Gasteiger partial charge in [0.15, 0.2) is 0 Å². The number of carbonyl (C=O) groups excluding carboxylic acids is 1. The zero-order valence-electron chi connectivity index (χ0n) is 12.7. The molecule has 3 atom stereocenters. The Morgan fingerprint density at radius 2 is 1.70 bits per heavy atom. The Morgan fingerprint density at radius 3 is 2.25 bits per heavy atom. The molecule has 2 fully saturated rings. The minimum Gasteiger partial charge on any atom is -0.481 e. The monoisotopic (exact) mass is 281 g/mol. The van der Waals surface area contributed by atoms with E-state index < -0.39 is 11.9 Å². The minimum atomic E-state index is -0.798. The SMILES string of the molecule is CCC1CC(C(=O)O)C(C(=O)N(C)CC2CCCC2)C1. The maximum atomic E-state index is 12.6. The van der Waals surface area contributed by atoms with Gasteiger partial charge in [-0.3, -0.25) is 9.59 Å². The number of amides is 1. The second-order valence-corrected chi connectivity index (χ2v) is 6.67. The molecule has 4 nitrogen and oxygen atoms in total. The van der Waals surface area contributed by atoms with Crippen LogP contribution in [0.1, 0.15) is 51.9 Å². The van der Waals surface area contributed by atoms with Gasteiger partial charge in [-0.25, -0.2) is 0 Å². The molecule has 2 rings (SSSR count). The van der Waals surface area contributed by atoms with E-state index in [0.29, 0.717) is 18.3 Å². The number of carboxylic acid groups (broad SMARTS) is 1. The Kier molecular flexibility index (Phi) is 5.06. The van der Waals surface area contributed by atoms with Crippen molar-refractivity contribution >= 4 is 11.9 Å². The first-order valence-corrected chi connectivity index (χ1v) is 8.00. The normalized spacial score (nSPS) is 30.6. The number of hydrogen-bond acceptors (Lipinski definition) is 2. The minimum absolute atomic E-state index is 0.0558. The summed E-state index contributed by atoms with van der Waals surface area (Å²) in [5.74, 6) is -0.503. The highest BCUT2D eigenvalue weighted by Gasteiger charge is 2.43. The molecule has 1 amide bonds. The fourth-order valence-electron chi connectivity index (χ4n) is 3.98. The number of rotatable bonds is 5. The first-order valence-electron chi connectivity index (χ1n) is 8.00. The number of hydrogen-bond donors (Lipinski definition) is 1. The summed E-state index contributed by atoms with van der Waals surface area (Å²) < 4.78 is 0. The van der Waals surface area contributed by atoms with Crippen LogP contribution in [0.25, 0.3) is 0 Å². The van der Waals surface area contributed by atoms with Crippen LogP contribution in [0.15, 0.2) is 0 Å². The van der Waals surface area contributed by atoms with Crippen LogP contribution >= 0.6 is 0 Å². The van der Waals surface area contributed by atoms with E-state index in [1.54, 1.807) is 4.90 Å². The molecule has 3 unspecified atom stereocenters. The van der Waals surface area contributed by atoms with Gasteiger partial charge in [-0.2, -0.15) is 0 Å². The van der Waals surface area contributed by atoms with E-state index in [2.05, 4.69) is 6.92 Å². The second-order valence-electron chi connectivity index (χ2n) is 6.67. The highest BCUT2D eigenvalue weighted by Crippen LogP contribution is 2.39. The number of carbonyl (C=O) groups is 2. The van der Waals surface area contributed by atoms with E-state index in [1.165, 1.54) is 25.7 Å². The van der Waals surface area contributed by atoms with Crippen LogP contribution in [0.2, 0.25) is 0 Å². The van der Waals surface area contributed by atoms with Crippen molar-refractivity contribution in [2.45, 2.75) is 51.9 Å². The highest BCUT2D eigenvalue weighted by molar-refractivity contribution is 5.85. The van der Waals surface area contributed by atoms with Gasteiger partial charge in [-0.15, -0.1) is 0 Å².